The molecule has 1 amide bonds. The second kappa shape index (κ2) is 8.17. The number of amides is 1. The lowest BCUT2D eigenvalue weighted by atomic mass is 10.1. The minimum absolute atomic E-state index is 0.107. The van der Waals surface area contributed by atoms with Crippen molar-refractivity contribution < 1.29 is 22.4 Å². The average Bonchev–Trinajstić information content (AvgIpc) is 3.11. The van der Waals surface area contributed by atoms with Crippen LogP contribution in [0.4, 0.5) is 19.0 Å². The van der Waals surface area contributed by atoms with E-state index in [0.717, 1.165) is 30.9 Å². The van der Waals surface area contributed by atoms with Crippen LogP contribution in [0.15, 0.2) is 59.1 Å². The van der Waals surface area contributed by atoms with Crippen LogP contribution in [0, 0.1) is 0 Å². The van der Waals surface area contributed by atoms with Gasteiger partial charge in [-0.2, -0.15) is 18.3 Å². The molecule has 1 saturated heterocycles. The SMILES string of the molecule is O=C(c1ccc(-c2cccc(C(F)(F)F)c2)o1)N1CCCN(c2cccnn2)CC1. The Bertz CT molecular complexity index is 1020. The van der Waals surface area contributed by atoms with Crippen molar-refractivity contribution >= 4 is 11.7 Å². The third-order valence-corrected chi connectivity index (χ3v) is 4.96. The summed E-state index contributed by atoms with van der Waals surface area (Å²) in [6.07, 6.45) is -2.08. The number of hydrogen-bond donors (Lipinski definition) is 0. The van der Waals surface area contributed by atoms with Crippen LogP contribution in [0.5, 0.6) is 0 Å². The summed E-state index contributed by atoms with van der Waals surface area (Å²) < 4.78 is 44.5. The molecular formula is C21H19F3N4O2. The summed E-state index contributed by atoms with van der Waals surface area (Å²) in [6.45, 7) is 2.38. The smallest absolute Gasteiger partial charge is 0.416 e. The van der Waals surface area contributed by atoms with Crippen LogP contribution in [-0.2, 0) is 6.18 Å². The molecule has 3 heterocycles. The molecule has 3 aromatic rings. The highest BCUT2D eigenvalue weighted by molar-refractivity contribution is 5.92. The Morgan fingerprint density at radius 3 is 2.63 bits per heavy atom. The molecule has 30 heavy (non-hydrogen) atoms. The van der Waals surface area contributed by atoms with Crippen LogP contribution >= 0.6 is 0 Å². The second-order valence-electron chi connectivity index (χ2n) is 6.96. The molecule has 6 nitrogen and oxygen atoms in total. The highest BCUT2D eigenvalue weighted by Crippen LogP contribution is 2.32. The van der Waals surface area contributed by atoms with Gasteiger partial charge in [-0.3, -0.25) is 4.79 Å². The standard InChI is InChI=1S/C21H19F3N4O2/c22-21(23,24)16-5-1-4-15(14-16)17-7-8-18(30-17)20(29)28-11-3-10-27(12-13-28)19-6-2-9-25-26-19/h1-2,4-9,14H,3,10-13H2. The Labute approximate surface area is 170 Å². The first-order valence-corrected chi connectivity index (χ1v) is 9.51. The van der Waals surface area contributed by atoms with Crippen LogP contribution in [0.2, 0.25) is 0 Å². The van der Waals surface area contributed by atoms with Crippen LogP contribution in [0.3, 0.4) is 0 Å². The molecule has 0 atom stereocenters. The van der Waals surface area contributed by atoms with Gasteiger partial charge < -0.3 is 14.2 Å². The Balaban J connectivity index is 1.47. The van der Waals surface area contributed by atoms with Gasteiger partial charge in [0.05, 0.1) is 5.56 Å². The maximum absolute atomic E-state index is 12.9. The third kappa shape index (κ3) is 4.29. The summed E-state index contributed by atoms with van der Waals surface area (Å²) in [5.41, 5.74) is -0.491. The van der Waals surface area contributed by atoms with E-state index in [9.17, 15) is 18.0 Å². The summed E-state index contributed by atoms with van der Waals surface area (Å²) in [5, 5.41) is 7.99. The number of carbonyl (C=O) groups excluding carboxylic acids is 1. The van der Waals surface area contributed by atoms with Crippen molar-refractivity contribution in [3.05, 3.63) is 66.1 Å². The Morgan fingerprint density at radius 2 is 1.87 bits per heavy atom. The Kier molecular flexibility index (Phi) is 5.43. The van der Waals surface area contributed by atoms with Crippen molar-refractivity contribution in [1.29, 1.82) is 0 Å². The monoisotopic (exact) mass is 416 g/mol. The van der Waals surface area contributed by atoms with E-state index in [2.05, 4.69) is 15.1 Å². The Hall–Kier alpha value is -3.36. The fraction of sp³-hybridized carbons (Fsp3) is 0.286. The van der Waals surface area contributed by atoms with E-state index in [0.29, 0.717) is 19.6 Å². The molecule has 0 unspecified atom stereocenters. The first kappa shape index (κ1) is 19.9. The van der Waals surface area contributed by atoms with Gasteiger partial charge in [-0.05, 0) is 42.8 Å². The molecule has 4 rings (SSSR count). The van der Waals surface area contributed by atoms with Gasteiger partial charge in [0.1, 0.15) is 5.76 Å². The molecule has 1 aliphatic heterocycles. The van der Waals surface area contributed by atoms with Gasteiger partial charge >= 0.3 is 6.18 Å². The summed E-state index contributed by atoms with van der Waals surface area (Å²) in [6, 6.07) is 11.6. The Morgan fingerprint density at radius 1 is 1.00 bits per heavy atom. The van der Waals surface area contributed by atoms with E-state index in [1.807, 2.05) is 12.1 Å². The van der Waals surface area contributed by atoms with Crippen molar-refractivity contribution in [1.82, 2.24) is 15.1 Å². The number of carbonyl (C=O) groups is 1. The fourth-order valence-corrected chi connectivity index (χ4v) is 3.42. The van der Waals surface area contributed by atoms with E-state index in [-0.39, 0.29) is 23.0 Å². The normalized spacial score (nSPS) is 15.2. The quantitative estimate of drug-likeness (QED) is 0.643. The minimum Gasteiger partial charge on any atom is -0.451 e. The van der Waals surface area contributed by atoms with Crippen LogP contribution < -0.4 is 4.90 Å². The third-order valence-electron chi connectivity index (χ3n) is 4.96. The molecule has 0 N–H and O–H groups in total. The molecule has 0 saturated carbocycles. The molecule has 0 aliphatic carbocycles. The van der Waals surface area contributed by atoms with E-state index < -0.39 is 11.7 Å². The van der Waals surface area contributed by atoms with Gasteiger partial charge in [-0.1, -0.05) is 12.1 Å². The van der Waals surface area contributed by atoms with Gasteiger partial charge in [0, 0.05) is 37.9 Å². The van der Waals surface area contributed by atoms with Crippen molar-refractivity contribution in [2.45, 2.75) is 12.6 Å². The zero-order valence-electron chi connectivity index (χ0n) is 16.0. The summed E-state index contributed by atoms with van der Waals surface area (Å²) in [5.74, 6) is 0.807. The van der Waals surface area contributed by atoms with Crippen molar-refractivity contribution in [2.75, 3.05) is 31.1 Å². The first-order valence-electron chi connectivity index (χ1n) is 9.51. The van der Waals surface area contributed by atoms with Crippen LogP contribution in [0.25, 0.3) is 11.3 Å². The number of benzene rings is 1. The number of hydrogen-bond acceptors (Lipinski definition) is 5. The largest absolute Gasteiger partial charge is 0.451 e. The summed E-state index contributed by atoms with van der Waals surface area (Å²) in [4.78, 5) is 16.6. The zero-order valence-corrected chi connectivity index (χ0v) is 16.0. The number of nitrogens with zero attached hydrogens (tertiary/aromatic N) is 4. The number of furan rings is 1. The number of halogens is 3. The molecule has 0 radical (unpaired) electrons. The maximum atomic E-state index is 12.9. The van der Waals surface area contributed by atoms with Gasteiger partial charge in [-0.15, -0.1) is 5.10 Å². The van der Waals surface area contributed by atoms with Gasteiger partial charge in [0.2, 0.25) is 0 Å². The zero-order chi connectivity index (χ0) is 21.1. The molecule has 9 heteroatoms. The minimum atomic E-state index is -4.44. The van der Waals surface area contributed by atoms with Crippen molar-refractivity contribution in [2.24, 2.45) is 0 Å². The fourth-order valence-electron chi connectivity index (χ4n) is 3.42. The molecule has 0 bridgehead atoms. The van der Waals surface area contributed by atoms with Crippen molar-refractivity contribution in [3.8, 4) is 11.3 Å². The van der Waals surface area contributed by atoms with Gasteiger partial charge in [0.15, 0.2) is 11.6 Å². The highest BCUT2D eigenvalue weighted by Gasteiger charge is 2.31. The number of anilines is 1. The molecular weight excluding hydrogens is 397 g/mol. The predicted molar refractivity (Wildman–Crippen MR) is 104 cm³/mol. The number of rotatable bonds is 3. The van der Waals surface area contributed by atoms with E-state index in [1.54, 1.807) is 11.1 Å². The first-order chi connectivity index (χ1) is 14.4. The van der Waals surface area contributed by atoms with Crippen LogP contribution in [-0.4, -0.2) is 47.2 Å². The van der Waals surface area contributed by atoms with E-state index in [4.69, 9.17) is 4.42 Å². The lowest BCUT2D eigenvalue weighted by molar-refractivity contribution is -0.137. The highest BCUT2D eigenvalue weighted by atomic mass is 19.4. The maximum Gasteiger partial charge on any atom is 0.416 e. The van der Waals surface area contributed by atoms with E-state index in [1.165, 1.54) is 24.3 Å². The molecule has 0 spiro atoms. The lowest BCUT2D eigenvalue weighted by Crippen LogP contribution is -2.35. The van der Waals surface area contributed by atoms with E-state index >= 15 is 0 Å². The van der Waals surface area contributed by atoms with Crippen LogP contribution in [0.1, 0.15) is 22.5 Å². The predicted octanol–water partition coefficient (Wildman–Crippen LogP) is 4.11. The summed E-state index contributed by atoms with van der Waals surface area (Å²) >= 11 is 0. The second-order valence-corrected chi connectivity index (χ2v) is 6.96. The van der Waals surface area contributed by atoms with Gasteiger partial charge in [0.25, 0.3) is 5.91 Å². The molecule has 1 aromatic carbocycles. The molecule has 2 aromatic heterocycles. The molecule has 156 valence electrons. The van der Waals surface area contributed by atoms with Gasteiger partial charge in [-0.25, -0.2) is 0 Å². The summed E-state index contributed by atoms with van der Waals surface area (Å²) in [7, 11) is 0. The molecule has 1 aliphatic rings. The molecule has 1 fully saturated rings. The van der Waals surface area contributed by atoms with Crippen molar-refractivity contribution in [3.63, 3.8) is 0 Å². The number of aromatic nitrogens is 2. The topological polar surface area (TPSA) is 62.5 Å². The number of alkyl halides is 3. The average molecular weight is 416 g/mol. The lowest BCUT2D eigenvalue weighted by Gasteiger charge is -2.21.